The van der Waals surface area contributed by atoms with Crippen LogP contribution in [0.5, 0.6) is 0 Å². The van der Waals surface area contributed by atoms with Gasteiger partial charge < -0.3 is 10.4 Å². The number of carbonyl (C=O) groups excluding carboxylic acids is 1. The zero-order valence-corrected chi connectivity index (χ0v) is 14.7. The molecule has 1 aromatic rings. The van der Waals surface area contributed by atoms with Crippen LogP contribution >= 0.6 is 0 Å². The van der Waals surface area contributed by atoms with Crippen LogP contribution in [0.15, 0.2) is 30.3 Å². The van der Waals surface area contributed by atoms with Crippen molar-refractivity contribution in [2.45, 2.75) is 58.5 Å². The molecule has 1 saturated carbocycles. The van der Waals surface area contributed by atoms with Crippen LogP contribution < -0.4 is 5.32 Å². The fourth-order valence-corrected chi connectivity index (χ4v) is 4.00. The number of aliphatic hydroxyl groups is 1. The van der Waals surface area contributed by atoms with E-state index in [0.29, 0.717) is 24.8 Å². The van der Waals surface area contributed by atoms with Crippen molar-refractivity contribution >= 4 is 5.91 Å². The molecule has 2 rings (SSSR count). The Balaban J connectivity index is 1.94. The van der Waals surface area contributed by atoms with Crippen LogP contribution in [0.25, 0.3) is 0 Å². The predicted octanol–water partition coefficient (Wildman–Crippen LogP) is 3.73. The van der Waals surface area contributed by atoms with Crippen molar-refractivity contribution < 1.29 is 9.90 Å². The minimum absolute atomic E-state index is 0.150. The zero-order chi connectivity index (χ0) is 16.8. The molecule has 0 spiro atoms. The van der Waals surface area contributed by atoms with Crippen LogP contribution in [-0.4, -0.2) is 23.7 Å². The van der Waals surface area contributed by atoms with Crippen molar-refractivity contribution in [3.63, 3.8) is 0 Å². The molecule has 0 aliphatic heterocycles. The van der Waals surface area contributed by atoms with Crippen molar-refractivity contribution in [3.8, 4) is 0 Å². The lowest BCUT2D eigenvalue weighted by molar-refractivity contribution is -0.127. The molecule has 1 aliphatic rings. The SMILES string of the molecule is CC(O)CC(CNC(=O)C1CC(C)CC(C)C1)c1ccccc1. The molecule has 3 heteroatoms. The first kappa shape index (κ1) is 18.0. The molecule has 0 aromatic heterocycles. The summed E-state index contributed by atoms with van der Waals surface area (Å²) in [6, 6.07) is 10.2. The van der Waals surface area contributed by atoms with Crippen LogP contribution in [0.4, 0.5) is 0 Å². The number of rotatable bonds is 6. The average Bonchev–Trinajstić information content (AvgIpc) is 2.50. The number of amides is 1. The quantitative estimate of drug-likeness (QED) is 0.840. The number of benzene rings is 1. The Morgan fingerprint density at radius 2 is 1.78 bits per heavy atom. The van der Waals surface area contributed by atoms with Crippen LogP contribution in [0.3, 0.4) is 0 Å². The van der Waals surface area contributed by atoms with Gasteiger partial charge in [0.1, 0.15) is 0 Å². The van der Waals surface area contributed by atoms with Gasteiger partial charge in [-0.25, -0.2) is 0 Å². The molecule has 1 aromatic carbocycles. The van der Waals surface area contributed by atoms with Gasteiger partial charge in [-0.1, -0.05) is 44.2 Å². The highest BCUT2D eigenvalue weighted by Gasteiger charge is 2.29. The van der Waals surface area contributed by atoms with Gasteiger partial charge in [-0.05, 0) is 50.0 Å². The Hall–Kier alpha value is -1.35. The number of carbonyl (C=O) groups is 1. The van der Waals surface area contributed by atoms with Gasteiger partial charge in [-0.3, -0.25) is 4.79 Å². The van der Waals surface area contributed by atoms with Crippen molar-refractivity contribution in [1.82, 2.24) is 5.32 Å². The first-order valence-corrected chi connectivity index (χ1v) is 8.96. The Kier molecular flexibility index (Phi) is 6.64. The number of nitrogens with one attached hydrogen (secondary N) is 1. The summed E-state index contributed by atoms with van der Waals surface area (Å²) in [7, 11) is 0. The maximum Gasteiger partial charge on any atom is 0.223 e. The molecule has 0 heterocycles. The molecule has 1 amide bonds. The summed E-state index contributed by atoms with van der Waals surface area (Å²) in [5.74, 6) is 1.78. The molecule has 128 valence electrons. The van der Waals surface area contributed by atoms with Crippen LogP contribution in [0, 0.1) is 17.8 Å². The van der Waals surface area contributed by atoms with E-state index in [9.17, 15) is 9.90 Å². The molecule has 3 nitrogen and oxygen atoms in total. The Bertz CT molecular complexity index is 476. The average molecular weight is 317 g/mol. The maximum absolute atomic E-state index is 12.5. The normalized spacial score (nSPS) is 27.2. The molecule has 23 heavy (non-hydrogen) atoms. The van der Waals surface area contributed by atoms with E-state index in [1.165, 1.54) is 12.0 Å². The molecular weight excluding hydrogens is 286 g/mol. The van der Waals surface area contributed by atoms with Gasteiger partial charge >= 0.3 is 0 Å². The first-order valence-electron chi connectivity index (χ1n) is 8.96. The van der Waals surface area contributed by atoms with Crippen molar-refractivity contribution in [2.75, 3.05) is 6.54 Å². The smallest absolute Gasteiger partial charge is 0.223 e. The third kappa shape index (κ3) is 5.65. The summed E-state index contributed by atoms with van der Waals surface area (Å²) in [6.07, 6.45) is 3.54. The Morgan fingerprint density at radius 3 is 2.35 bits per heavy atom. The van der Waals surface area contributed by atoms with E-state index in [0.717, 1.165) is 12.8 Å². The summed E-state index contributed by atoms with van der Waals surface area (Å²) in [4.78, 5) is 12.5. The minimum Gasteiger partial charge on any atom is -0.393 e. The number of aliphatic hydroxyl groups excluding tert-OH is 1. The van der Waals surface area contributed by atoms with Gasteiger partial charge in [0.05, 0.1) is 6.10 Å². The van der Waals surface area contributed by atoms with E-state index in [2.05, 4.69) is 31.3 Å². The monoisotopic (exact) mass is 317 g/mol. The minimum atomic E-state index is -0.369. The summed E-state index contributed by atoms with van der Waals surface area (Å²) in [5.41, 5.74) is 1.18. The summed E-state index contributed by atoms with van der Waals surface area (Å²) >= 11 is 0. The topological polar surface area (TPSA) is 49.3 Å². The van der Waals surface area contributed by atoms with Gasteiger partial charge in [0.15, 0.2) is 0 Å². The van der Waals surface area contributed by atoms with Crippen LogP contribution in [0.1, 0.15) is 57.9 Å². The molecule has 2 N–H and O–H groups in total. The fourth-order valence-electron chi connectivity index (χ4n) is 4.00. The third-order valence-electron chi connectivity index (χ3n) is 4.97. The summed E-state index contributed by atoms with van der Waals surface area (Å²) < 4.78 is 0. The number of hydrogen-bond donors (Lipinski definition) is 2. The van der Waals surface area contributed by atoms with Crippen molar-refractivity contribution in [2.24, 2.45) is 17.8 Å². The second kappa shape index (κ2) is 8.49. The standard InChI is InChI=1S/C20H31NO2/c1-14-9-15(2)11-18(10-14)20(23)21-13-19(12-16(3)22)17-7-5-4-6-8-17/h4-8,14-16,18-19,22H,9-13H2,1-3H3,(H,21,23). The zero-order valence-electron chi connectivity index (χ0n) is 14.7. The molecule has 1 aliphatic carbocycles. The lowest BCUT2D eigenvalue weighted by Gasteiger charge is -2.31. The Morgan fingerprint density at radius 1 is 1.17 bits per heavy atom. The molecule has 4 unspecified atom stereocenters. The lowest BCUT2D eigenvalue weighted by Crippen LogP contribution is -2.37. The first-order chi connectivity index (χ1) is 11.0. The molecular formula is C20H31NO2. The fraction of sp³-hybridized carbons (Fsp3) is 0.650. The van der Waals surface area contributed by atoms with Crippen LogP contribution in [-0.2, 0) is 4.79 Å². The molecule has 0 saturated heterocycles. The predicted molar refractivity (Wildman–Crippen MR) is 94.2 cm³/mol. The second-order valence-electron chi connectivity index (χ2n) is 7.55. The second-order valence-corrected chi connectivity index (χ2v) is 7.55. The summed E-state index contributed by atoms with van der Waals surface area (Å²) in [5, 5.41) is 12.9. The molecule has 1 fully saturated rings. The van der Waals surface area contributed by atoms with Gasteiger partial charge in [-0.2, -0.15) is 0 Å². The van der Waals surface area contributed by atoms with Gasteiger partial charge in [0, 0.05) is 18.4 Å². The van der Waals surface area contributed by atoms with E-state index >= 15 is 0 Å². The lowest BCUT2D eigenvalue weighted by atomic mass is 9.76. The van der Waals surface area contributed by atoms with E-state index in [-0.39, 0.29) is 23.8 Å². The largest absolute Gasteiger partial charge is 0.393 e. The van der Waals surface area contributed by atoms with E-state index in [1.54, 1.807) is 0 Å². The number of hydrogen-bond acceptors (Lipinski definition) is 2. The van der Waals surface area contributed by atoms with Crippen molar-refractivity contribution in [3.05, 3.63) is 35.9 Å². The van der Waals surface area contributed by atoms with Gasteiger partial charge in [-0.15, -0.1) is 0 Å². The van der Waals surface area contributed by atoms with E-state index in [4.69, 9.17) is 0 Å². The molecule has 0 bridgehead atoms. The highest BCUT2D eigenvalue weighted by atomic mass is 16.3. The maximum atomic E-state index is 12.5. The third-order valence-corrected chi connectivity index (χ3v) is 4.97. The van der Waals surface area contributed by atoms with Gasteiger partial charge in [0.25, 0.3) is 0 Å². The molecule has 0 radical (unpaired) electrons. The van der Waals surface area contributed by atoms with Crippen molar-refractivity contribution in [1.29, 1.82) is 0 Å². The van der Waals surface area contributed by atoms with Gasteiger partial charge in [0.2, 0.25) is 5.91 Å². The molecule has 4 atom stereocenters. The van der Waals surface area contributed by atoms with E-state index in [1.807, 2.05) is 25.1 Å². The highest BCUT2D eigenvalue weighted by Crippen LogP contribution is 2.33. The van der Waals surface area contributed by atoms with Crippen LogP contribution in [0.2, 0.25) is 0 Å². The van der Waals surface area contributed by atoms with E-state index < -0.39 is 0 Å². The Labute approximate surface area is 140 Å². The summed E-state index contributed by atoms with van der Waals surface area (Å²) in [6.45, 7) is 6.90. The highest BCUT2D eigenvalue weighted by molar-refractivity contribution is 5.78.